The zero-order valence-corrected chi connectivity index (χ0v) is 10.2. The van der Waals surface area contributed by atoms with Crippen molar-refractivity contribution in [1.29, 1.82) is 0 Å². The Balaban J connectivity index is 2.00. The van der Waals surface area contributed by atoms with E-state index in [-0.39, 0.29) is 10.8 Å². The minimum atomic E-state index is -0.357. The Morgan fingerprint density at radius 3 is 2.88 bits per heavy atom. The molecule has 1 aromatic rings. The van der Waals surface area contributed by atoms with Gasteiger partial charge in [-0.2, -0.15) is 0 Å². The molecule has 88 valence electrons. The summed E-state index contributed by atoms with van der Waals surface area (Å²) in [4.78, 5) is 0. The number of nitrogens with one attached hydrogen (secondary N) is 1. The molecule has 1 fully saturated rings. The second-order valence-corrected chi connectivity index (χ2v) is 5.15. The van der Waals surface area contributed by atoms with Crippen LogP contribution in [0.5, 0.6) is 0 Å². The largest absolute Gasteiger partial charge is 0.382 e. The lowest BCUT2D eigenvalue weighted by Gasteiger charge is -2.28. The molecule has 0 aromatic heterocycles. The maximum atomic E-state index is 13.0. The van der Waals surface area contributed by atoms with E-state index in [1.807, 2.05) is 0 Å². The average molecular weight is 242 g/mol. The van der Waals surface area contributed by atoms with Crippen molar-refractivity contribution in [2.45, 2.75) is 38.6 Å². The van der Waals surface area contributed by atoms with E-state index >= 15 is 0 Å². The number of hydrogen-bond donors (Lipinski definition) is 1. The van der Waals surface area contributed by atoms with Crippen LogP contribution < -0.4 is 5.32 Å². The molecular weight excluding hydrogens is 225 g/mol. The van der Waals surface area contributed by atoms with E-state index in [2.05, 4.69) is 12.2 Å². The van der Waals surface area contributed by atoms with Gasteiger partial charge in [0.1, 0.15) is 5.82 Å². The summed E-state index contributed by atoms with van der Waals surface area (Å²) in [5, 5.41) is 3.62. The normalized spacial score (nSPS) is 25.4. The SMILES string of the molecule is CC1CCCC(Nc2ccc(F)c(Cl)c2)C1. The second kappa shape index (κ2) is 5.05. The maximum Gasteiger partial charge on any atom is 0.141 e. The van der Waals surface area contributed by atoms with Crippen molar-refractivity contribution in [2.24, 2.45) is 5.92 Å². The van der Waals surface area contributed by atoms with Crippen LogP contribution in [0.3, 0.4) is 0 Å². The minimum absolute atomic E-state index is 0.189. The summed E-state index contributed by atoms with van der Waals surface area (Å²) in [6.45, 7) is 2.28. The van der Waals surface area contributed by atoms with Gasteiger partial charge in [0.15, 0.2) is 0 Å². The summed E-state index contributed by atoms with van der Waals surface area (Å²) in [5.41, 5.74) is 0.922. The predicted octanol–water partition coefficient (Wildman–Crippen LogP) is 4.47. The van der Waals surface area contributed by atoms with Crippen LogP contribution in [-0.4, -0.2) is 6.04 Å². The Morgan fingerprint density at radius 1 is 1.38 bits per heavy atom. The monoisotopic (exact) mass is 241 g/mol. The molecule has 1 saturated carbocycles. The lowest BCUT2D eigenvalue weighted by Crippen LogP contribution is -2.26. The van der Waals surface area contributed by atoms with Crippen molar-refractivity contribution in [3.8, 4) is 0 Å². The van der Waals surface area contributed by atoms with E-state index in [4.69, 9.17) is 11.6 Å². The molecule has 2 rings (SSSR count). The molecule has 1 aromatic carbocycles. The molecule has 0 radical (unpaired) electrons. The first-order valence-electron chi connectivity index (χ1n) is 5.87. The van der Waals surface area contributed by atoms with Crippen molar-refractivity contribution in [3.05, 3.63) is 29.0 Å². The standard InChI is InChI=1S/C13H17ClFN/c1-9-3-2-4-10(7-9)16-11-5-6-13(15)12(14)8-11/h5-6,8-10,16H,2-4,7H2,1H3. The van der Waals surface area contributed by atoms with E-state index in [0.29, 0.717) is 6.04 Å². The molecule has 1 N–H and O–H groups in total. The molecule has 1 aliphatic carbocycles. The highest BCUT2D eigenvalue weighted by atomic mass is 35.5. The molecule has 0 aliphatic heterocycles. The second-order valence-electron chi connectivity index (χ2n) is 4.74. The van der Waals surface area contributed by atoms with E-state index < -0.39 is 0 Å². The highest BCUT2D eigenvalue weighted by molar-refractivity contribution is 6.31. The Labute approximate surface area is 101 Å². The Bertz CT molecular complexity index is 367. The van der Waals surface area contributed by atoms with Gasteiger partial charge < -0.3 is 5.32 Å². The van der Waals surface area contributed by atoms with E-state index in [1.54, 1.807) is 12.1 Å². The van der Waals surface area contributed by atoms with Crippen molar-refractivity contribution < 1.29 is 4.39 Å². The first kappa shape index (κ1) is 11.7. The van der Waals surface area contributed by atoms with E-state index in [9.17, 15) is 4.39 Å². The van der Waals surface area contributed by atoms with Gasteiger partial charge in [0, 0.05) is 11.7 Å². The zero-order chi connectivity index (χ0) is 11.5. The third kappa shape index (κ3) is 2.88. The summed E-state index contributed by atoms with van der Waals surface area (Å²) in [6, 6.07) is 5.33. The Morgan fingerprint density at radius 2 is 2.19 bits per heavy atom. The molecule has 1 nitrogen and oxygen atoms in total. The summed E-state index contributed by atoms with van der Waals surface area (Å²) >= 11 is 5.75. The van der Waals surface area contributed by atoms with Gasteiger partial charge in [0.05, 0.1) is 5.02 Å². The van der Waals surface area contributed by atoms with E-state index in [1.165, 1.54) is 31.7 Å². The van der Waals surface area contributed by atoms with Gasteiger partial charge in [-0.1, -0.05) is 31.4 Å². The molecule has 16 heavy (non-hydrogen) atoms. The summed E-state index contributed by atoms with van der Waals surface area (Å²) < 4.78 is 13.0. The molecule has 0 amide bonds. The van der Waals surface area contributed by atoms with Crippen LogP contribution in [0.15, 0.2) is 18.2 Å². The first-order chi connectivity index (χ1) is 7.65. The van der Waals surface area contributed by atoms with Crippen molar-refractivity contribution in [3.63, 3.8) is 0 Å². The fourth-order valence-corrected chi connectivity index (χ4v) is 2.57. The van der Waals surface area contributed by atoms with Gasteiger partial charge in [-0.05, 0) is 37.0 Å². The molecule has 1 aliphatic rings. The van der Waals surface area contributed by atoms with Gasteiger partial charge in [-0.25, -0.2) is 4.39 Å². The third-order valence-electron chi connectivity index (χ3n) is 3.23. The average Bonchev–Trinajstić information content (AvgIpc) is 2.24. The van der Waals surface area contributed by atoms with Gasteiger partial charge in [-0.15, -0.1) is 0 Å². The number of anilines is 1. The number of hydrogen-bond acceptors (Lipinski definition) is 1. The molecule has 2 atom stereocenters. The molecule has 0 saturated heterocycles. The number of benzene rings is 1. The highest BCUT2D eigenvalue weighted by Crippen LogP contribution is 2.27. The molecular formula is C13H17ClFN. The van der Waals surface area contributed by atoms with Crippen molar-refractivity contribution in [1.82, 2.24) is 0 Å². The highest BCUT2D eigenvalue weighted by Gasteiger charge is 2.18. The van der Waals surface area contributed by atoms with Crippen LogP contribution in [0.4, 0.5) is 10.1 Å². The number of rotatable bonds is 2. The predicted molar refractivity (Wildman–Crippen MR) is 66.5 cm³/mol. The van der Waals surface area contributed by atoms with Crippen LogP contribution in [0.1, 0.15) is 32.6 Å². The molecule has 2 unspecified atom stereocenters. The minimum Gasteiger partial charge on any atom is -0.382 e. The molecule has 0 heterocycles. The molecule has 0 bridgehead atoms. The maximum absolute atomic E-state index is 13.0. The quantitative estimate of drug-likeness (QED) is 0.806. The van der Waals surface area contributed by atoms with Crippen LogP contribution in [-0.2, 0) is 0 Å². The van der Waals surface area contributed by atoms with Crippen LogP contribution in [0.2, 0.25) is 5.02 Å². The van der Waals surface area contributed by atoms with Crippen LogP contribution in [0.25, 0.3) is 0 Å². The summed E-state index contributed by atoms with van der Waals surface area (Å²) in [7, 11) is 0. The topological polar surface area (TPSA) is 12.0 Å². The van der Waals surface area contributed by atoms with Crippen molar-refractivity contribution in [2.75, 3.05) is 5.32 Å². The fourth-order valence-electron chi connectivity index (χ4n) is 2.39. The molecule has 0 spiro atoms. The van der Waals surface area contributed by atoms with Crippen LogP contribution in [0, 0.1) is 11.7 Å². The van der Waals surface area contributed by atoms with Gasteiger partial charge in [0.2, 0.25) is 0 Å². The number of halogens is 2. The summed E-state index contributed by atoms with van der Waals surface area (Å²) in [6.07, 6.45) is 4.98. The Kier molecular flexibility index (Phi) is 3.70. The van der Waals surface area contributed by atoms with Gasteiger partial charge in [-0.3, -0.25) is 0 Å². The third-order valence-corrected chi connectivity index (χ3v) is 3.52. The van der Waals surface area contributed by atoms with Gasteiger partial charge >= 0.3 is 0 Å². The molecule has 3 heteroatoms. The summed E-state index contributed by atoms with van der Waals surface area (Å²) in [5.74, 6) is 0.423. The Hall–Kier alpha value is -0.760. The first-order valence-corrected chi connectivity index (χ1v) is 6.24. The zero-order valence-electron chi connectivity index (χ0n) is 9.47. The fraction of sp³-hybridized carbons (Fsp3) is 0.538. The smallest absolute Gasteiger partial charge is 0.141 e. The lowest BCUT2D eigenvalue weighted by atomic mass is 9.87. The lowest BCUT2D eigenvalue weighted by molar-refractivity contribution is 0.358. The van der Waals surface area contributed by atoms with Crippen LogP contribution >= 0.6 is 11.6 Å². The van der Waals surface area contributed by atoms with E-state index in [0.717, 1.165) is 11.6 Å². The van der Waals surface area contributed by atoms with Crippen molar-refractivity contribution >= 4 is 17.3 Å². The van der Waals surface area contributed by atoms with Gasteiger partial charge in [0.25, 0.3) is 0 Å².